The van der Waals surface area contributed by atoms with Gasteiger partial charge in [-0.2, -0.15) is 13.2 Å². The molecule has 1 aromatic carbocycles. The fraction of sp³-hybridized carbons (Fsp3) is 0.292. The molecular weight excluding hydrogens is 459 g/mol. The number of benzene rings is 1. The van der Waals surface area contributed by atoms with E-state index in [1.54, 1.807) is 47.1 Å². The molecule has 0 aliphatic heterocycles. The zero-order valence-electron chi connectivity index (χ0n) is 18.8. The van der Waals surface area contributed by atoms with Crippen molar-refractivity contribution in [3.05, 3.63) is 77.1 Å². The Hall–Kier alpha value is -4.02. The van der Waals surface area contributed by atoms with Gasteiger partial charge in [-0.3, -0.25) is 19.7 Å². The van der Waals surface area contributed by atoms with Gasteiger partial charge in [-0.05, 0) is 49.6 Å². The monoisotopic (exact) mass is 481 g/mol. The molecule has 0 spiro atoms. The van der Waals surface area contributed by atoms with Crippen molar-refractivity contribution in [3.63, 3.8) is 0 Å². The van der Waals surface area contributed by atoms with Crippen molar-refractivity contribution in [3.8, 4) is 0 Å². The average molecular weight is 481 g/mol. The molecule has 1 atom stereocenters. The number of amides is 1. The van der Waals surface area contributed by atoms with E-state index in [1.807, 2.05) is 0 Å². The Morgan fingerprint density at radius 1 is 1.17 bits per heavy atom. The Morgan fingerprint density at radius 2 is 1.97 bits per heavy atom. The van der Waals surface area contributed by atoms with Gasteiger partial charge in [-0.1, -0.05) is 0 Å². The number of fused-ring (bicyclic) bond motifs is 2. The minimum Gasteiger partial charge on any atom is -0.369 e. The second-order valence-corrected chi connectivity index (χ2v) is 8.50. The predicted molar refractivity (Wildman–Crippen MR) is 122 cm³/mol. The molecule has 0 bridgehead atoms. The highest BCUT2D eigenvalue weighted by molar-refractivity contribution is 5.98. The average Bonchev–Trinajstić information content (AvgIpc) is 3.14. The fourth-order valence-electron chi connectivity index (χ4n) is 4.45. The van der Waals surface area contributed by atoms with Gasteiger partial charge in [-0.25, -0.2) is 4.98 Å². The van der Waals surface area contributed by atoms with Crippen LogP contribution in [0.5, 0.6) is 0 Å². The number of nitrogens with zero attached hydrogens (tertiary/aromatic N) is 6. The number of anilines is 1. The summed E-state index contributed by atoms with van der Waals surface area (Å²) in [5.41, 5.74) is 8.66. The molecule has 0 saturated heterocycles. The summed E-state index contributed by atoms with van der Waals surface area (Å²) < 4.78 is 40.8. The summed E-state index contributed by atoms with van der Waals surface area (Å²) in [4.78, 5) is 32.6. The fourth-order valence-corrected chi connectivity index (χ4v) is 4.45. The van der Waals surface area contributed by atoms with Gasteiger partial charge in [0.25, 0.3) is 5.91 Å². The maximum atomic E-state index is 13.8. The molecule has 0 unspecified atom stereocenters. The molecule has 2 N–H and O–H groups in total. The van der Waals surface area contributed by atoms with Crippen LogP contribution in [0.4, 0.5) is 19.1 Å². The standard InChI is InChI=1S/C24H22F3N7O/c1-33-19-8-5-14(11-18(19)32-23(33)28)22(35)34(13-16-7-6-15(12-31-16)24(25,26)27)20-4-2-3-17-21(20)30-10-9-29-17/h5-12,20H,2-4,13H2,1H3,(H2,28,32)/t20-/m1/s1. The van der Waals surface area contributed by atoms with Gasteiger partial charge >= 0.3 is 6.18 Å². The second-order valence-electron chi connectivity index (χ2n) is 8.50. The van der Waals surface area contributed by atoms with Gasteiger partial charge < -0.3 is 15.2 Å². The zero-order chi connectivity index (χ0) is 24.7. The summed E-state index contributed by atoms with van der Waals surface area (Å²) >= 11 is 0. The largest absolute Gasteiger partial charge is 0.417 e. The minimum atomic E-state index is -4.49. The van der Waals surface area contributed by atoms with Crippen LogP contribution in [0.3, 0.4) is 0 Å². The van der Waals surface area contributed by atoms with Crippen molar-refractivity contribution >= 4 is 22.9 Å². The summed E-state index contributed by atoms with van der Waals surface area (Å²) in [5.74, 6) is 0.0215. The Morgan fingerprint density at radius 3 is 2.71 bits per heavy atom. The molecule has 0 fully saturated rings. The summed E-state index contributed by atoms with van der Waals surface area (Å²) in [5, 5.41) is 0. The van der Waals surface area contributed by atoms with Gasteiger partial charge in [0.1, 0.15) is 0 Å². The van der Waals surface area contributed by atoms with Crippen LogP contribution in [-0.2, 0) is 26.2 Å². The van der Waals surface area contributed by atoms with Crippen molar-refractivity contribution in [2.75, 3.05) is 5.73 Å². The molecule has 0 radical (unpaired) electrons. The number of nitrogen functional groups attached to an aromatic ring is 1. The highest BCUT2D eigenvalue weighted by atomic mass is 19.4. The van der Waals surface area contributed by atoms with E-state index in [0.29, 0.717) is 34.8 Å². The molecule has 11 heteroatoms. The quantitative estimate of drug-likeness (QED) is 0.471. The van der Waals surface area contributed by atoms with E-state index in [9.17, 15) is 18.0 Å². The van der Waals surface area contributed by atoms with Crippen molar-refractivity contribution in [1.82, 2.24) is 29.4 Å². The van der Waals surface area contributed by atoms with Crippen LogP contribution >= 0.6 is 0 Å². The van der Waals surface area contributed by atoms with E-state index in [4.69, 9.17) is 5.73 Å². The maximum Gasteiger partial charge on any atom is 0.417 e. The SMILES string of the molecule is Cn1c(N)nc2cc(C(=O)N(Cc3ccc(C(F)(F)F)cn3)[C@@H]3CCCc4nccnc43)ccc21. The molecule has 8 nitrogen and oxygen atoms in total. The van der Waals surface area contributed by atoms with E-state index in [2.05, 4.69) is 19.9 Å². The third-order valence-corrected chi connectivity index (χ3v) is 6.30. The molecule has 1 amide bonds. The van der Waals surface area contributed by atoms with Crippen LogP contribution in [0.2, 0.25) is 0 Å². The Balaban J connectivity index is 1.54. The zero-order valence-corrected chi connectivity index (χ0v) is 18.8. The maximum absolute atomic E-state index is 13.8. The summed E-state index contributed by atoms with van der Waals surface area (Å²) in [6, 6.07) is 7.01. The smallest absolute Gasteiger partial charge is 0.369 e. The molecular formula is C24H22F3N7O. The number of imidazole rings is 1. The number of halogens is 3. The Bertz CT molecular complexity index is 1400. The van der Waals surface area contributed by atoms with E-state index >= 15 is 0 Å². The van der Waals surface area contributed by atoms with Crippen molar-refractivity contribution in [1.29, 1.82) is 0 Å². The number of carbonyl (C=O) groups is 1. The first-order valence-electron chi connectivity index (χ1n) is 11.1. The van der Waals surface area contributed by atoms with Gasteiger partial charge in [0.2, 0.25) is 5.95 Å². The normalized spacial score (nSPS) is 15.7. The number of carbonyl (C=O) groups excluding carboxylic acids is 1. The lowest BCUT2D eigenvalue weighted by atomic mass is 9.93. The van der Waals surface area contributed by atoms with E-state index in [1.165, 1.54) is 6.07 Å². The lowest BCUT2D eigenvalue weighted by Gasteiger charge is -2.34. The molecule has 1 aliphatic rings. The molecule has 180 valence electrons. The lowest BCUT2D eigenvalue weighted by molar-refractivity contribution is -0.137. The number of aromatic nitrogens is 5. The van der Waals surface area contributed by atoms with Crippen LogP contribution in [-0.4, -0.2) is 35.3 Å². The molecule has 3 heterocycles. The number of pyridine rings is 1. The molecule has 5 rings (SSSR count). The summed E-state index contributed by atoms with van der Waals surface area (Å²) in [6.07, 6.45) is 1.70. The molecule has 0 saturated carbocycles. The van der Waals surface area contributed by atoms with Gasteiger partial charge in [0.05, 0.1) is 46.3 Å². The molecule has 1 aliphatic carbocycles. The van der Waals surface area contributed by atoms with E-state index in [-0.39, 0.29) is 12.5 Å². The molecule has 35 heavy (non-hydrogen) atoms. The van der Waals surface area contributed by atoms with Crippen LogP contribution in [0.15, 0.2) is 48.9 Å². The first kappa shape index (κ1) is 22.8. The summed E-state index contributed by atoms with van der Waals surface area (Å²) in [7, 11) is 1.78. The van der Waals surface area contributed by atoms with Gasteiger partial charge in [-0.15, -0.1) is 0 Å². The van der Waals surface area contributed by atoms with Gasteiger partial charge in [0.15, 0.2) is 0 Å². The summed E-state index contributed by atoms with van der Waals surface area (Å²) in [6.45, 7) is 0.0139. The second kappa shape index (κ2) is 8.64. The highest BCUT2D eigenvalue weighted by Crippen LogP contribution is 2.35. The Kier molecular flexibility index (Phi) is 5.62. The van der Waals surface area contributed by atoms with Crippen LogP contribution < -0.4 is 5.73 Å². The number of hydrogen-bond donors (Lipinski definition) is 1. The van der Waals surface area contributed by atoms with Crippen LogP contribution in [0.25, 0.3) is 11.0 Å². The van der Waals surface area contributed by atoms with Crippen molar-refractivity contribution < 1.29 is 18.0 Å². The molecule has 3 aromatic heterocycles. The minimum absolute atomic E-state index is 0.0139. The first-order chi connectivity index (χ1) is 16.7. The third kappa shape index (κ3) is 4.29. The number of nitrogens with two attached hydrogens (primary N) is 1. The van der Waals surface area contributed by atoms with Crippen molar-refractivity contribution in [2.45, 2.75) is 38.0 Å². The van der Waals surface area contributed by atoms with E-state index in [0.717, 1.165) is 36.3 Å². The number of aryl methyl sites for hydroxylation is 2. The lowest BCUT2D eigenvalue weighted by Crippen LogP contribution is -2.37. The number of rotatable bonds is 4. The number of hydrogen-bond acceptors (Lipinski definition) is 6. The number of alkyl halides is 3. The van der Waals surface area contributed by atoms with E-state index < -0.39 is 17.8 Å². The van der Waals surface area contributed by atoms with Crippen LogP contribution in [0.1, 0.15) is 51.9 Å². The topological polar surface area (TPSA) is 103 Å². The predicted octanol–water partition coefficient (Wildman–Crippen LogP) is 4.08. The Labute approximate surface area is 198 Å². The van der Waals surface area contributed by atoms with Crippen LogP contribution in [0, 0.1) is 0 Å². The van der Waals surface area contributed by atoms with Crippen molar-refractivity contribution in [2.24, 2.45) is 7.05 Å². The highest BCUT2D eigenvalue weighted by Gasteiger charge is 2.33. The molecule has 4 aromatic rings. The van der Waals surface area contributed by atoms with Gasteiger partial charge in [0, 0.05) is 31.2 Å². The first-order valence-corrected chi connectivity index (χ1v) is 11.1. The third-order valence-electron chi connectivity index (χ3n) is 6.30.